The summed E-state index contributed by atoms with van der Waals surface area (Å²) in [5.74, 6) is 0.605. The van der Waals surface area contributed by atoms with E-state index in [-0.39, 0.29) is 5.78 Å². The highest BCUT2D eigenvalue weighted by molar-refractivity contribution is 5.95. The third-order valence-electron chi connectivity index (χ3n) is 1.93. The Morgan fingerprint density at radius 1 is 1.62 bits per heavy atom. The number of pyridine rings is 1. The van der Waals surface area contributed by atoms with Gasteiger partial charge in [-0.2, -0.15) is 0 Å². The lowest BCUT2D eigenvalue weighted by Gasteiger charge is -2.05. The van der Waals surface area contributed by atoms with Crippen LogP contribution in [0.25, 0.3) is 0 Å². The van der Waals surface area contributed by atoms with Crippen LogP contribution in [-0.2, 0) is 6.42 Å². The molecule has 0 bridgehead atoms. The summed E-state index contributed by atoms with van der Waals surface area (Å²) in [5.41, 5.74) is 1.67. The number of carbonyl (C=O) groups is 1. The number of hydrogen-bond acceptors (Lipinski definition) is 3. The molecule has 1 aromatic heterocycles. The zero-order chi connectivity index (χ0) is 9.84. The number of ether oxygens (including phenoxy) is 1. The second-order valence-electron chi connectivity index (χ2n) is 2.79. The first-order valence-electron chi connectivity index (χ1n) is 4.22. The van der Waals surface area contributed by atoms with E-state index in [4.69, 9.17) is 4.74 Å². The minimum Gasteiger partial charge on any atom is -0.481 e. The predicted octanol–water partition coefficient (Wildman–Crippen LogP) is 1.86. The molecule has 0 saturated carbocycles. The number of carbonyl (C=O) groups excluding carboxylic acids is 1. The molecule has 0 N–H and O–H groups in total. The van der Waals surface area contributed by atoms with Crippen LogP contribution in [0.3, 0.4) is 0 Å². The average molecular weight is 179 g/mol. The van der Waals surface area contributed by atoms with Gasteiger partial charge < -0.3 is 4.74 Å². The fourth-order valence-corrected chi connectivity index (χ4v) is 1.20. The molecule has 0 saturated heterocycles. The lowest BCUT2D eigenvalue weighted by Crippen LogP contribution is -2.01. The van der Waals surface area contributed by atoms with Gasteiger partial charge in [0.25, 0.3) is 0 Å². The second-order valence-corrected chi connectivity index (χ2v) is 2.79. The van der Waals surface area contributed by atoms with E-state index >= 15 is 0 Å². The van der Waals surface area contributed by atoms with Crippen molar-refractivity contribution in [3.63, 3.8) is 0 Å². The monoisotopic (exact) mass is 179 g/mol. The molecule has 0 aliphatic rings. The van der Waals surface area contributed by atoms with E-state index in [0.29, 0.717) is 11.4 Å². The highest BCUT2D eigenvalue weighted by Crippen LogP contribution is 2.15. The summed E-state index contributed by atoms with van der Waals surface area (Å²) in [6.45, 7) is 3.55. The van der Waals surface area contributed by atoms with Crippen molar-refractivity contribution in [3.05, 3.63) is 23.4 Å². The maximum atomic E-state index is 11.1. The van der Waals surface area contributed by atoms with Crippen molar-refractivity contribution in [1.29, 1.82) is 0 Å². The third-order valence-corrected chi connectivity index (χ3v) is 1.93. The molecule has 0 aromatic carbocycles. The van der Waals surface area contributed by atoms with Crippen molar-refractivity contribution in [2.75, 3.05) is 7.11 Å². The molecule has 0 fully saturated rings. The van der Waals surface area contributed by atoms with Crippen LogP contribution in [0.2, 0.25) is 0 Å². The number of Topliss-reactive ketones (excluding diaryl/α,β-unsaturated/α-hetero) is 1. The van der Waals surface area contributed by atoms with Crippen molar-refractivity contribution >= 4 is 5.78 Å². The molecular formula is C10H13NO2. The van der Waals surface area contributed by atoms with Crippen LogP contribution in [0.1, 0.15) is 29.8 Å². The van der Waals surface area contributed by atoms with Crippen LogP contribution in [0.5, 0.6) is 5.88 Å². The predicted molar refractivity (Wildman–Crippen MR) is 50.2 cm³/mol. The van der Waals surface area contributed by atoms with Crippen LogP contribution in [-0.4, -0.2) is 17.9 Å². The first-order chi connectivity index (χ1) is 6.19. The van der Waals surface area contributed by atoms with Gasteiger partial charge in [-0.1, -0.05) is 6.92 Å². The fraction of sp³-hybridized carbons (Fsp3) is 0.400. The highest BCUT2D eigenvalue weighted by Gasteiger charge is 2.07. The Bertz CT molecular complexity index is 321. The molecule has 0 aliphatic carbocycles. The standard InChI is InChI=1S/C10H13NO2/c1-4-8-5-10(13-3)11-6-9(8)7(2)12/h5-6H,4H2,1-3H3. The zero-order valence-electron chi connectivity index (χ0n) is 8.13. The molecular weight excluding hydrogens is 166 g/mol. The molecule has 13 heavy (non-hydrogen) atoms. The van der Waals surface area contributed by atoms with Crippen LogP contribution >= 0.6 is 0 Å². The zero-order valence-corrected chi connectivity index (χ0v) is 8.13. The van der Waals surface area contributed by atoms with Crippen molar-refractivity contribution in [1.82, 2.24) is 4.98 Å². The summed E-state index contributed by atoms with van der Waals surface area (Å²) in [4.78, 5) is 15.1. The van der Waals surface area contributed by atoms with Crippen LogP contribution in [0.4, 0.5) is 0 Å². The molecule has 0 amide bonds. The van der Waals surface area contributed by atoms with Crippen LogP contribution < -0.4 is 4.74 Å². The van der Waals surface area contributed by atoms with Gasteiger partial charge in [0.05, 0.1) is 7.11 Å². The quantitative estimate of drug-likeness (QED) is 0.665. The molecule has 3 heteroatoms. The summed E-state index contributed by atoms with van der Waals surface area (Å²) in [6, 6.07) is 1.80. The number of nitrogens with zero attached hydrogens (tertiary/aromatic N) is 1. The number of aromatic nitrogens is 1. The molecule has 0 unspecified atom stereocenters. The Morgan fingerprint density at radius 2 is 2.31 bits per heavy atom. The van der Waals surface area contributed by atoms with Gasteiger partial charge >= 0.3 is 0 Å². The van der Waals surface area contributed by atoms with Crippen molar-refractivity contribution in [2.45, 2.75) is 20.3 Å². The Morgan fingerprint density at radius 3 is 2.77 bits per heavy atom. The summed E-state index contributed by atoms with van der Waals surface area (Å²) in [6.07, 6.45) is 2.38. The maximum absolute atomic E-state index is 11.1. The molecule has 1 aromatic rings. The Labute approximate surface area is 77.8 Å². The first-order valence-corrected chi connectivity index (χ1v) is 4.22. The van der Waals surface area contributed by atoms with E-state index in [1.54, 1.807) is 26.3 Å². The number of ketones is 1. The Hall–Kier alpha value is -1.38. The molecule has 0 spiro atoms. The highest BCUT2D eigenvalue weighted by atomic mass is 16.5. The van der Waals surface area contributed by atoms with Crippen molar-refractivity contribution < 1.29 is 9.53 Å². The Kier molecular flexibility index (Phi) is 3.01. The van der Waals surface area contributed by atoms with Gasteiger partial charge in [0.1, 0.15) is 0 Å². The maximum Gasteiger partial charge on any atom is 0.213 e. The normalized spacial score (nSPS) is 9.77. The number of rotatable bonds is 3. The van der Waals surface area contributed by atoms with Gasteiger partial charge in [-0.25, -0.2) is 4.98 Å². The molecule has 3 nitrogen and oxygen atoms in total. The first kappa shape index (κ1) is 9.71. The SMILES string of the molecule is CCc1cc(OC)ncc1C(C)=O. The second kappa shape index (κ2) is 4.03. The van der Waals surface area contributed by atoms with E-state index in [0.717, 1.165) is 12.0 Å². The Balaban J connectivity index is 3.15. The largest absolute Gasteiger partial charge is 0.481 e. The molecule has 70 valence electrons. The molecule has 1 rings (SSSR count). The molecule has 0 radical (unpaired) electrons. The number of hydrogen-bond donors (Lipinski definition) is 0. The van der Waals surface area contributed by atoms with Gasteiger partial charge in [-0.15, -0.1) is 0 Å². The smallest absolute Gasteiger partial charge is 0.213 e. The van der Waals surface area contributed by atoms with Gasteiger partial charge in [-0.05, 0) is 18.9 Å². The van der Waals surface area contributed by atoms with Gasteiger partial charge in [0, 0.05) is 17.8 Å². The van der Waals surface area contributed by atoms with Gasteiger partial charge in [0.15, 0.2) is 5.78 Å². The molecule has 0 aliphatic heterocycles. The number of aryl methyl sites for hydroxylation is 1. The molecule has 0 atom stereocenters. The summed E-state index contributed by atoms with van der Waals surface area (Å²) >= 11 is 0. The topological polar surface area (TPSA) is 39.2 Å². The van der Waals surface area contributed by atoms with Gasteiger partial charge in [-0.3, -0.25) is 4.79 Å². The van der Waals surface area contributed by atoms with Crippen LogP contribution in [0.15, 0.2) is 12.3 Å². The van der Waals surface area contributed by atoms with Crippen LogP contribution in [0, 0.1) is 0 Å². The van der Waals surface area contributed by atoms with Gasteiger partial charge in [0.2, 0.25) is 5.88 Å². The van der Waals surface area contributed by atoms with Crippen molar-refractivity contribution in [2.24, 2.45) is 0 Å². The third kappa shape index (κ3) is 2.05. The summed E-state index contributed by atoms with van der Waals surface area (Å²) in [5, 5.41) is 0. The fourth-order valence-electron chi connectivity index (χ4n) is 1.20. The average Bonchev–Trinajstić information content (AvgIpc) is 2.16. The summed E-state index contributed by atoms with van der Waals surface area (Å²) < 4.78 is 4.97. The number of methoxy groups -OCH3 is 1. The minimum absolute atomic E-state index is 0.0482. The van der Waals surface area contributed by atoms with E-state index in [9.17, 15) is 4.79 Å². The van der Waals surface area contributed by atoms with E-state index in [2.05, 4.69) is 4.98 Å². The van der Waals surface area contributed by atoms with E-state index < -0.39 is 0 Å². The van der Waals surface area contributed by atoms with Crippen molar-refractivity contribution in [3.8, 4) is 5.88 Å². The molecule has 1 heterocycles. The lowest BCUT2D eigenvalue weighted by molar-refractivity contribution is 0.101. The van der Waals surface area contributed by atoms with E-state index in [1.165, 1.54) is 0 Å². The van der Waals surface area contributed by atoms with E-state index in [1.807, 2.05) is 6.92 Å². The lowest BCUT2D eigenvalue weighted by atomic mass is 10.1. The summed E-state index contributed by atoms with van der Waals surface area (Å²) in [7, 11) is 1.56. The minimum atomic E-state index is 0.0482.